The Balaban J connectivity index is 0.000000569. The number of fused-ring (bicyclic) bond motifs is 1. The number of esters is 1. The van der Waals surface area contributed by atoms with Gasteiger partial charge < -0.3 is 24.8 Å². The summed E-state index contributed by atoms with van der Waals surface area (Å²) in [5, 5.41) is 11.6. The van der Waals surface area contributed by atoms with Crippen LogP contribution in [-0.2, 0) is 35.1 Å². The fourth-order valence-corrected chi connectivity index (χ4v) is 4.11. The van der Waals surface area contributed by atoms with Crippen molar-refractivity contribution >= 4 is 36.4 Å². The average Bonchev–Trinajstić information content (AvgIpc) is 2.93. The molecular weight excluding hydrogens is 448 g/mol. The minimum absolute atomic E-state index is 0.211. The molecule has 2 saturated heterocycles. The maximum absolute atomic E-state index is 13.0. The molecule has 0 saturated carbocycles. The Kier molecular flexibility index (Phi) is 10.7. The molecular formula is C23H32N2O7S. The van der Waals surface area contributed by atoms with Crippen molar-refractivity contribution in [2.45, 2.75) is 69.5 Å². The van der Waals surface area contributed by atoms with E-state index in [2.05, 4.69) is 22.7 Å². The molecule has 9 nitrogen and oxygen atoms in total. The topological polar surface area (TPSA) is 122 Å². The zero-order valence-corrected chi connectivity index (χ0v) is 19.8. The molecule has 33 heavy (non-hydrogen) atoms. The molecule has 3 rings (SSSR count). The third kappa shape index (κ3) is 8.04. The molecule has 10 heteroatoms. The first-order valence-corrected chi connectivity index (χ1v) is 11.6. The number of nitrogens with zero attached hydrogens (tertiary/aromatic N) is 1. The van der Waals surface area contributed by atoms with Gasteiger partial charge in [0.05, 0.1) is 18.5 Å². The molecule has 0 radical (unpaired) electrons. The first-order valence-electron chi connectivity index (χ1n) is 11.1. The number of hydrogen-bond acceptors (Lipinski definition) is 7. The van der Waals surface area contributed by atoms with Crippen LogP contribution in [0.5, 0.6) is 0 Å². The highest BCUT2D eigenvalue weighted by atomic mass is 32.1. The van der Waals surface area contributed by atoms with Gasteiger partial charge in [0, 0.05) is 13.3 Å². The van der Waals surface area contributed by atoms with Gasteiger partial charge in [0.15, 0.2) is 0 Å². The number of piperidine rings is 1. The fraction of sp³-hybridized carbons (Fsp3) is 0.565. The minimum atomic E-state index is -1.04. The second kappa shape index (κ2) is 13.2. The predicted molar refractivity (Wildman–Crippen MR) is 124 cm³/mol. The van der Waals surface area contributed by atoms with Crippen molar-refractivity contribution in [3.8, 4) is 0 Å². The second-order valence-electron chi connectivity index (χ2n) is 7.84. The van der Waals surface area contributed by atoms with E-state index in [0.29, 0.717) is 45.3 Å². The van der Waals surface area contributed by atoms with Crippen molar-refractivity contribution in [3.63, 3.8) is 0 Å². The van der Waals surface area contributed by atoms with Crippen molar-refractivity contribution in [1.82, 2.24) is 10.2 Å². The lowest BCUT2D eigenvalue weighted by molar-refractivity contribution is -0.167. The molecule has 0 bridgehead atoms. The van der Waals surface area contributed by atoms with Gasteiger partial charge in [-0.1, -0.05) is 30.3 Å². The van der Waals surface area contributed by atoms with Crippen molar-refractivity contribution in [2.75, 3.05) is 13.2 Å². The monoisotopic (exact) mass is 480 g/mol. The average molecular weight is 481 g/mol. The number of nitrogens with one attached hydrogen (secondary N) is 1. The molecule has 0 aromatic heterocycles. The van der Waals surface area contributed by atoms with Gasteiger partial charge in [-0.2, -0.15) is 12.6 Å². The molecule has 0 spiro atoms. The van der Waals surface area contributed by atoms with E-state index in [1.165, 1.54) is 11.8 Å². The summed E-state index contributed by atoms with van der Waals surface area (Å²) in [4.78, 5) is 48.2. The number of amides is 2. The van der Waals surface area contributed by atoms with Gasteiger partial charge >= 0.3 is 11.9 Å². The third-order valence-electron chi connectivity index (χ3n) is 5.37. The first-order chi connectivity index (χ1) is 15.7. The molecule has 2 aliphatic heterocycles. The van der Waals surface area contributed by atoms with Crippen molar-refractivity contribution in [3.05, 3.63) is 35.9 Å². The van der Waals surface area contributed by atoms with E-state index >= 15 is 0 Å². The number of carbonyl (C=O) groups is 4. The SMILES string of the molecule is CCOC(C)=O.O=C(N[C@H]1CCO[C@H]2CCC[C@@H](C(=O)O)N2C1=O)[C@@H](S)Cc1ccccc1. The number of ether oxygens (including phenoxy) is 2. The number of thiol groups is 1. The van der Waals surface area contributed by atoms with Gasteiger partial charge in [-0.25, -0.2) is 4.79 Å². The Morgan fingerprint density at radius 2 is 1.94 bits per heavy atom. The van der Waals surface area contributed by atoms with E-state index in [0.717, 1.165) is 5.56 Å². The van der Waals surface area contributed by atoms with Crippen LogP contribution in [0.3, 0.4) is 0 Å². The van der Waals surface area contributed by atoms with Crippen LogP contribution in [0.15, 0.2) is 30.3 Å². The molecule has 2 fully saturated rings. The lowest BCUT2D eigenvalue weighted by Crippen LogP contribution is -2.58. The number of rotatable bonds is 6. The van der Waals surface area contributed by atoms with Crippen molar-refractivity contribution < 1.29 is 33.8 Å². The van der Waals surface area contributed by atoms with Crippen LogP contribution >= 0.6 is 12.6 Å². The molecule has 2 amide bonds. The molecule has 1 aromatic rings. The van der Waals surface area contributed by atoms with Gasteiger partial charge in [-0.3, -0.25) is 14.4 Å². The highest BCUT2D eigenvalue weighted by Gasteiger charge is 2.43. The van der Waals surface area contributed by atoms with Gasteiger partial charge in [0.25, 0.3) is 0 Å². The largest absolute Gasteiger partial charge is 0.480 e. The van der Waals surface area contributed by atoms with E-state index in [-0.39, 0.29) is 11.9 Å². The smallest absolute Gasteiger partial charge is 0.326 e. The standard InChI is InChI=1S/C19H24N2O5S.C4H8O2/c22-17(15(27)11-12-5-2-1-3-6-12)20-13-9-10-26-16-8-4-7-14(19(24)25)21(16)18(13)23;1-3-6-4(2)5/h1-3,5-6,13-16,27H,4,7-11H2,(H,20,22)(H,24,25);3H2,1-2H3/t13-,14-,15-,16-;/m0./s1. The molecule has 2 aliphatic rings. The highest BCUT2D eigenvalue weighted by Crippen LogP contribution is 2.27. The van der Waals surface area contributed by atoms with Crippen LogP contribution in [0, 0.1) is 0 Å². The Morgan fingerprint density at radius 3 is 2.52 bits per heavy atom. The lowest BCUT2D eigenvalue weighted by Gasteiger charge is -2.39. The Morgan fingerprint density at radius 1 is 1.24 bits per heavy atom. The molecule has 0 aliphatic carbocycles. The summed E-state index contributed by atoms with van der Waals surface area (Å²) >= 11 is 4.37. The maximum Gasteiger partial charge on any atom is 0.326 e. The quantitative estimate of drug-likeness (QED) is 0.419. The number of hydrogen-bond donors (Lipinski definition) is 3. The van der Waals surface area contributed by atoms with E-state index < -0.39 is 35.4 Å². The van der Waals surface area contributed by atoms with E-state index in [1.807, 2.05) is 30.3 Å². The number of aliphatic carboxylic acids is 1. The van der Waals surface area contributed by atoms with Gasteiger partial charge in [0.1, 0.15) is 18.3 Å². The predicted octanol–water partition coefficient (Wildman–Crippen LogP) is 1.79. The number of carboxylic acids is 1. The van der Waals surface area contributed by atoms with Crippen LogP contribution in [0.2, 0.25) is 0 Å². The maximum atomic E-state index is 13.0. The zero-order chi connectivity index (χ0) is 24.4. The first kappa shape index (κ1) is 26.7. The fourth-order valence-electron chi connectivity index (χ4n) is 3.83. The van der Waals surface area contributed by atoms with Gasteiger partial charge in [-0.05, 0) is 38.2 Å². The summed E-state index contributed by atoms with van der Waals surface area (Å²) in [5.41, 5.74) is 0.977. The number of carboxylic acid groups (broad SMARTS) is 1. The second-order valence-corrected chi connectivity index (χ2v) is 8.46. The normalized spacial score (nSPS) is 23.2. The van der Waals surface area contributed by atoms with Crippen LogP contribution < -0.4 is 5.32 Å². The third-order valence-corrected chi connectivity index (χ3v) is 5.78. The van der Waals surface area contributed by atoms with Gasteiger partial charge in [-0.15, -0.1) is 0 Å². The molecule has 1 aromatic carbocycles. The summed E-state index contributed by atoms with van der Waals surface area (Å²) in [6, 6.07) is 7.80. The highest BCUT2D eigenvalue weighted by molar-refractivity contribution is 7.81. The zero-order valence-electron chi connectivity index (χ0n) is 18.9. The molecule has 0 unspecified atom stereocenters. The molecule has 2 N–H and O–H groups in total. The van der Waals surface area contributed by atoms with Crippen LogP contribution in [0.4, 0.5) is 0 Å². The molecule has 182 valence electrons. The van der Waals surface area contributed by atoms with Crippen molar-refractivity contribution in [1.29, 1.82) is 0 Å². The van der Waals surface area contributed by atoms with Crippen LogP contribution in [0.1, 0.15) is 45.1 Å². The Bertz CT molecular complexity index is 820. The van der Waals surface area contributed by atoms with E-state index in [1.54, 1.807) is 6.92 Å². The lowest BCUT2D eigenvalue weighted by atomic mass is 9.99. The Labute approximate surface area is 199 Å². The van der Waals surface area contributed by atoms with E-state index in [4.69, 9.17) is 4.74 Å². The Hall–Kier alpha value is -2.59. The minimum Gasteiger partial charge on any atom is -0.480 e. The summed E-state index contributed by atoms with van der Waals surface area (Å²) in [6.07, 6.45) is 1.92. The van der Waals surface area contributed by atoms with E-state index in [9.17, 15) is 24.3 Å². The summed E-state index contributed by atoms with van der Waals surface area (Å²) in [5.74, 6) is -1.99. The number of benzene rings is 1. The number of carbonyl (C=O) groups excluding carboxylic acids is 3. The van der Waals surface area contributed by atoms with Gasteiger partial charge in [0.2, 0.25) is 11.8 Å². The molecule has 4 atom stereocenters. The van der Waals surface area contributed by atoms with Crippen LogP contribution in [-0.4, -0.2) is 70.5 Å². The summed E-state index contributed by atoms with van der Waals surface area (Å²) in [6.45, 7) is 3.94. The summed E-state index contributed by atoms with van der Waals surface area (Å²) < 4.78 is 10.1. The van der Waals surface area contributed by atoms with Crippen molar-refractivity contribution in [2.24, 2.45) is 0 Å². The van der Waals surface area contributed by atoms with Crippen LogP contribution in [0.25, 0.3) is 0 Å². The summed E-state index contributed by atoms with van der Waals surface area (Å²) in [7, 11) is 0. The molecule has 2 heterocycles.